The van der Waals surface area contributed by atoms with Crippen molar-refractivity contribution in [2.75, 3.05) is 0 Å². The Morgan fingerprint density at radius 3 is 1.15 bits per heavy atom. The van der Waals surface area contributed by atoms with Crippen molar-refractivity contribution < 1.29 is 46.9 Å². The molecular formula is C9H9O10P. The topological polar surface area (TPSA) is 147 Å². The van der Waals surface area contributed by atoms with Crippen molar-refractivity contribution >= 4 is 44.6 Å². The molecule has 0 fully saturated rings. The molecule has 0 radical (unpaired) electrons. The van der Waals surface area contributed by atoms with Gasteiger partial charge in [0.05, 0.1) is 0 Å². The van der Waals surface area contributed by atoms with E-state index in [2.05, 4.69) is 13.6 Å². The van der Waals surface area contributed by atoms with Crippen LogP contribution in [0.15, 0.2) is 0 Å². The van der Waals surface area contributed by atoms with E-state index < -0.39 is 45.0 Å². The number of rotatable bonds is 9. The van der Waals surface area contributed by atoms with Gasteiger partial charge in [-0.25, -0.2) is 0 Å². The molecule has 0 bridgehead atoms. The smallest absolute Gasteiger partial charge is 0.351 e. The number of hydrogen-bond acceptors (Lipinski definition) is 10. The van der Waals surface area contributed by atoms with Gasteiger partial charge in [-0.2, -0.15) is 4.57 Å². The summed E-state index contributed by atoms with van der Waals surface area (Å²) in [5, 5.41) is 0. The number of phosphoric acid groups is 1. The van der Waals surface area contributed by atoms with E-state index in [1.54, 1.807) is 0 Å². The highest BCUT2D eigenvalue weighted by Gasteiger charge is 2.38. The number of carbonyl (C=O) groups is 6. The molecule has 0 amide bonds. The van der Waals surface area contributed by atoms with Gasteiger partial charge in [-0.05, 0) is 0 Å². The van der Waals surface area contributed by atoms with Gasteiger partial charge in [0.1, 0.15) is 38.1 Å². The van der Waals surface area contributed by atoms with Crippen molar-refractivity contribution in [3.8, 4) is 0 Å². The molecule has 0 spiro atoms. The molecule has 0 saturated heterocycles. The molecule has 0 rings (SSSR count). The fourth-order valence-electron chi connectivity index (χ4n) is 0.746. The van der Waals surface area contributed by atoms with Gasteiger partial charge >= 0.3 is 25.7 Å². The standard InChI is InChI=1S/C9H9O10P/c10-4-1-7(13)17-20(16,18-8(14)2-5-11)19-9(15)3-6-12/h4-6H,1-3H2. The zero-order valence-corrected chi connectivity index (χ0v) is 10.8. The monoisotopic (exact) mass is 308 g/mol. The minimum Gasteiger partial charge on any atom is -0.351 e. The Hall–Kier alpha value is -2.35. The Morgan fingerprint density at radius 1 is 0.700 bits per heavy atom. The molecule has 20 heavy (non-hydrogen) atoms. The maximum absolute atomic E-state index is 11.8. The van der Waals surface area contributed by atoms with Gasteiger partial charge in [-0.1, -0.05) is 0 Å². The quantitative estimate of drug-likeness (QED) is 0.310. The fourth-order valence-corrected chi connectivity index (χ4v) is 1.83. The van der Waals surface area contributed by atoms with Crippen LogP contribution in [0.5, 0.6) is 0 Å². The van der Waals surface area contributed by atoms with Crippen LogP contribution in [-0.2, 0) is 46.9 Å². The third-order valence-corrected chi connectivity index (χ3v) is 2.67. The van der Waals surface area contributed by atoms with E-state index in [-0.39, 0.29) is 18.9 Å². The van der Waals surface area contributed by atoms with Crippen LogP contribution in [-0.4, -0.2) is 36.8 Å². The summed E-state index contributed by atoms with van der Waals surface area (Å²) in [4.78, 5) is 63.1. The molecule has 0 aromatic carbocycles. The Labute approximate surface area is 112 Å². The molecule has 0 aliphatic rings. The van der Waals surface area contributed by atoms with Crippen LogP contribution in [0.3, 0.4) is 0 Å². The largest absolute Gasteiger partial charge is 0.653 e. The third-order valence-electron chi connectivity index (χ3n) is 1.39. The van der Waals surface area contributed by atoms with E-state index in [0.717, 1.165) is 0 Å². The number of carbonyl (C=O) groups excluding carboxylic acids is 6. The van der Waals surface area contributed by atoms with Crippen LogP contribution in [0.1, 0.15) is 19.3 Å². The Bertz CT molecular complexity index is 401. The minimum absolute atomic E-state index is 0.104. The van der Waals surface area contributed by atoms with E-state index in [9.17, 15) is 33.3 Å². The van der Waals surface area contributed by atoms with Crippen LogP contribution >= 0.6 is 7.82 Å². The molecule has 11 heteroatoms. The highest BCUT2D eigenvalue weighted by Crippen LogP contribution is 2.50. The van der Waals surface area contributed by atoms with Gasteiger partial charge < -0.3 is 28.0 Å². The van der Waals surface area contributed by atoms with Crippen molar-refractivity contribution in [2.45, 2.75) is 19.3 Å². The summed E-state index contributed by atoms with van der Waals surface area (Å²) >= 11 is 0. The molecule has 0 aliphatic heterocycles. The molecule has 0 aromatic heterocycles. The fraction of sp³-hybridized carbons (Fsp3) is 0.333. The number of aldehydes is 3. The van der Waals surface area contributed by atoms with Crippen molar-refractivity contribution in [3.05, 3.63) is 0 Å². The average Bonchev–Trinajstić information content (AvgIpc) is 2.28. The third kappa shape index (κ3) is 7.17. The summed E-state index contributed by atoms with van der Waals surface area (Å²) in [7, 11) is -5.00. The van der Waals surface area contributed by atoms with E-state index in [1.165, 1.54) is 0 Å². The Morgan fingerprint density at radius 2 is 0.950 bits per heavy atom. The summed E-state index contributed by atoms with van der Waals surface area (Å²) < 4.78 is 24.0. The average molecular weight is 308 g/mol. The lowest BCUT2D eigenvalue weighted by Gasteiger charge is -2.14. The molecule has 0 unspecified atom stereocenters. The Kier molecular flexibility index (Phi) is 7.68. The van der Waals surface area contributed by atoms with Gasteiger partial charge in [0.25, 0.3) is 0 Å². The van der Waals surface area contributed by atoms with Crippen molar-refractivity contribution in [2.24, 2.45) is 0 Å². The number of phosphoric ester groups is 1. The highest BCUT2D eigenvalue weighted by molar-refractivity contribution is 7.50. The molecular weight excluding hydrogens is 299 g/mol. The van der Waals surface area contributed by atoms with Crippen LogP contribution in [0, 0.1) is 0 Å². The molecule has 0 heterocycles. The normalized spacial score (nSPS) is 10.0. The molecule has 0 N–H and O–H groups in total. The molecule has 0 aromatic rings. The molecule has 0 aliphatic carbocycles. The second-order valence-corrected chi connectivity index (χ2v) is 4.39. The summed E-state index contributed by atoms with van der Waals surface area (Å²) in [6, 6.07) is 0. The SMILES string of the molecule is O=CCC(=O)OP(=O)(OC(=O)CC=O)OC(=O)CC=O. The maximum Gasteiger partial charge on any atom is 0.653 e. The first-order valence-corrected chi connectivity index (χ1v) is 6.41. The first kappa shape index (κ1) is 17.6. The first-order chi connectivity index (χ1) is 9.36. The van der Waals surface area contributed by atoms with Crippen molar-refractivity contribution in [1.82, 2.24) is 0 Å². The molecule has 0 atom stereocenters. The van der Waals surface area contributed by atoms with Crippen molar-refractivity contribution in [1.29, 1.82) is 0 Å². The first-order valence-electron chi connectivity index (χ1n) is 4.95. The van der Waals surface area contributed by atoms with Gasteiger partial charge in [0.2, 0.25) is 0 Å². The highest BCUT2D eigenvalue weighted by atomic mass is 31.2. The van der Waals surface area contributed by atoms with Gasteiger partial charge in [-0.3, -0.25) is 14.4 Å². The minimum atomic E-state index is -5.00. The molecule has 110 valence electrons. The number of hydrogen-bond donors (Lipinski definition) is 0. The predicted octanol–water partition coefficient (Wildman–Crippen LogP) is -0.509. The van der Waals surface area contributed by atoms with E-state index >= 15 is 0 Å². The second-order valence-electron chi connectivity index (χ2n) is 2.95. The van der Waals surface area contributed by atoms with Gasteiger partial charge in [0.15, 0.2) is 0 Å². The van der Waals surface area contributed by atoms with E-state index in [1.807, 2.05) is 0 Å². The zero-order valence-electron chi connectivity index (χ0n) is 9.88. The summed E-state index contributed by atoms with van der Waals surface area (Å²) in [6.45, 7) is 0. The van der Waals surface area contributed by atoms with Crippen LogP contribution < -0.4 is 0 Å². The second kappa shape index (κ2) is 8.70. The van der Waals surface area contributed by atoms with Crippen molar-refractivity contribution in [3.63, 3.8) is 0 Å². The summed E-state index contributed by atoms with van der Waals surface area (Å²) in [5.41, 5.74) is 0. The molecule has 10 nitrogen and oxygen atoms in total. The Balaban J connectivity index is 4.95. The van der Waals surface area contributed by atoms with Crippen LogP contribution in [0.25, 0.3) is 0 Å². The zero-order chi connectivity index (χ0) is 15.6. The van der Waals surface area contributed by atoms with Crippen LogP contribution in [0.2, 0.25) is 0 Å². The lowest BCUT2D eigenvalue weighted by molar-refractivity contribution is -0.144. The summed E-state index contributed by atoms with van der Waals surface area (Å²) in [5.74, 6) is -4.16. The van der Waals surface area contributed by atoms with E-state index in [4.69, 9.17) is 0 Å². The van der Waals surface area contributed by atoms with E-state index in [0.29, 0.717) is 0 Å². The predicted molar refractivity (Wildman–Crippen MR) is 57.9 cm³/mol. The lowest BCUT2D eigenvalue weighted by Crippen LogP contribution is -2.14. The maximum atomic E-state index is 11.8. The molecule has 0 saturated carbocycles. The van der Waals surface area contributed by atoms with Crippen LogP contribution in [0.4, 0.5) is 0 Å². The van der Waals surface area contributed by atoms with Gasteiger partial charge in [0, 0.05) is 0 Å². The lowest BCUT2D eigenvalue weighted by atomic mass is 10.5. The summed E-state index contributed by atoms with van der Waals surface area (Å²) in [6.07, 6.45) is -2.19. The van der Waals surface area contributed by atoms with Gasteiger partial charge in [-0.15, -0.1) is 0 Å².